The lowest BCUT2D eigenvalue weighted by Gasteiger charge is -2.35. The van der Waals surface area contributed by atoms with Gasteiger partial charge >= 0.3 is 0 Å². The van der Waals surface area contributed by atoms with Gasteiger partial charge < -0.3 is 20.5 Å². The first-order valence-corrected chi connectivity index (χ1v) is 12.7. The molecule has 2 aliphatic rings. The molecule has 198 valence electrons. The van der Waals surface area contributed by atoms with Crippen molar-refractivity contribution in [3.8, 4) is 11.3 Å². The number of rotatable bonds is 7. The lowest BCUT2D eigenvalue weighted by Crippen LogP contribution is -2.48. The number of benzene rings is 1. The van der Waals surface area contributed by atoms with Crippen molar-refractivity contribution >= 4 is 16.9 Å². The summed E-state index contributed by atoms with van der Waals surface area (Å²) in [5, 5.41) is 17.5. The summed E-state index contributed by atoms with van der Waals surface area (Å²) in [6.45, 7) is 7.25. The summed E-state index contributed by atoms with van der Waals surface area (Å²) < 4.78 is 46.9. The molecule has 1 saturated carbocycles. The van der Waals surface area contributed by atoms with Gasteiger partial charge in [0.2, 0.25) is 5.95 Å². The number of fused-ring (bicyclic) bond motifs is 1. The number of hydrogen-bond donors (Lipinski definition) is 3. The summed E-state index contributed by atoms with van der Waals surface area (Å²) >= 11 is 0. The van der Waals surface area contributed by atoms with E-state index < -0.39 is 17.8 Å². The zero-order valence-corrected chi connectivity index (χ0v) is 21.2. The van der Waals surface area contributed by atoms with E-state index in [4.69, 9.17) is 4.74 Å². The Bertz CT molecular complexity index is 1290. The normalized spacial score (nSPS) is 21.8. The monoisotopic (exact) mass is 515 g/mol. The van der Waals surface area contributed by atoms with Crippen molar-refractivity contribution < 1.29 is 23.0 Å². The second kappa shape index (κ2) is 10.2. The van der Waals surface area contributed by atoms with Crippen LogP contribution in [0.25, 0.3) is 22.2 Å². The molecular weight excluding hydrogens is 483 g/mol. The standard InChI is InChI=1S/C27H32F3N5O2/c1-14(2)23-16(10-31-17-8-27(29,30)9-17)11-32-21-5-4-18(15(3)24(21)23)25-19(28)12-33-26(35-25)34-20-6-7-37-13-22(20)36/h4-5,11-12,14,17,20,22,31,36H,6-10,13H2,1-3H3,(H,33,34,35)/t20-,22-/m1/s1. The highest BCUT2D eigenvalue weighted by Crippen LogP contribution is 2.39. The van der Waals surface area contributed by atoms with E-state index >= 15 is 4.39 Å². The predicted octanol–water partition coefficient (Wildman–Crippen LogP) is 4.71. The molecule has 1 saturated heterocycles. The number of nitrogens with zero attached hydrogens (tertiary/aromatic N) is 3. The Morgan fingerprint density at radius 3 is 2.68 bits per heavy atom. The first-order valence-electron chi connectivity index (χ1n) is 12.7. The number of ether oxygens (including phenoxy) is 1. The molecule has 0 unspecified atom stereocenters. The summed E-state index contributed by atoms with van der Waals surface area (Å²) in [6, 6.07) is 3.16. The molecule has 0 spiro atoms. The minimum absolute atomic E-state index is 0.126. The van der Waals surface area contributed by atoms with Gasteiger partial charge in [-0.25, -0.2) is 23.1 Å². The quantitative estimate of drug-likeness (QED) is 0.420. The van der Waals surface area contributed by atoms with Crippen molar-refractivity contribution in [2.24, 2.45) is 0 Å². The van der Waals surface area contributed by atoms with Crippen LogP contribution in [-0.4, -0.2) is 57.4 Å². The first kappa shape index (κ1) is 25.8. The molecule has 3 aromatic rings. The van der Waals surface area contributed by atoms with E-state index in [1.165, 1.54) is 0 Å². The van der Waals surface area contributed by atoms with Gasteiger partial charge in [-0.3, -0.25) is 4.98 Å². The number of alkyl halides is 2. The van der Waals surface area contributed by atoms with Crippen LogP contribution in [0.1, 0.15) is 55.7 Å². The smallest absolute Gasteiger partial charge is 0.251 e. The van der Waals surface area contributed by atoms with Crippen LogP contribution in [0.4, 0.5) is 19.1 Å². The van der Waals surface area contributed by atoms with Crippen molar-refractivity contribution in [2.75, 3.05) is 18.5 Å². The number of aliphatic hydroxyl groups is 1. The molecule has 0 bridgehead atoms. The van der Waals surface area contributed by atoms with Crippen molar-refractivity contribution in [2.45, 2.75) is 76.6 Å². The van der Waals surface area contributed by atoms with Crippen LogP contribution in [0.15, 0.2) is 24.5 Å². The first-order chi connectivity index (χ1) is 17.6. The van der Waals surface area contributed by atoms with Crippen LogP contribution < -0.4 is 10.6 Å². The third-order valence-corrected chi connectivity index (χ3v) is 7.31. The Balaban J connectivity index is 1.50. The molecule has 3 heterocycles. The maximum absolute atomic E-state index is 15.0. The van der Waals surface area contributed by atoms with Crippen LogP contribution in [0.3, 0.4) is 0 Å². The predicted molar refractivity (Wildman–Crippen MR) is 135 cm³/mol. The number of hydrogen-bond acceptors (Lipinski definition) is 7. The summed E-state index contributed by atoms with van der Waals surface area (Å²) in [7, 11) is 0. The van der Waals surface area contributed by atoms with Crippen LogP contribution in [-0.2, 0) is 11.3 Å². The Morgan fingerprint density at radius 1 is 1.19 bits per heavy atom. The van der Waals surface area contributed by atoms with E-state index in [0.29, 0.717) is 25.1 Å². The molecule has 7 nitrogen and oxygen atoms in total. The minimum atomic E-state index is -2.58. The molecule has 1 aliphatic heterocycles. The van der Waals surface area contributed by atoms with Crippen LogP contribution in [0.5, 0.6) is 0 Å². The molecule has 3 N–H and O–H groups in total. The van der Waals surface area contributed by atoms with E-state index in [1.807, 2.05) is 19.1 Å². The molecule has 2 atom stereocenters. The maximum atomic E-state index is 15.0. The average Bonchev–Trinajstić information content (AvgIpc) is 2.84. The van der Waals surface area contributed by atoms with Gasteiger partial charge in [0.05, 0.1) is 30.5 Å². The number of aryl methyl sites for hydroxylation is 1. The molecule has 2 aromatic heterocycles. The Labute approximate surface area is 213 Å². The topological polar surface area (TPSA) is 92.2 Å². The second-order valence-corrected chi connectivity index (χ2v) is 10.4. The van der Waals surface area contributed by atoms with E-state index in [2.05, 4.69) is 39.4 Å². The number of aromatic nitrogens is 3. The van der Waals surface area contributed by atoms with Crippen molar-refractivity contribution in [3.05, 3.63) is 47.0 Å². The fourth-order valence-corrected chi connectivity index (χ4v) is 5.32. The molecular formula is C27H32F3N5O2. The molecule has 37 heavy (non-hydrogen) atoms. The number of halogens is 3. The summed E-state index contributed by atoms with van der Waals surface area (Å²) in [4.78, 5) is 13.2. The number of nitrogens with one attached hydrogen (secondary N) is 2. The number of anilines is 1. The zero-order valence-electron chi connectivity index (χ0n) is 21.2. The molecule has 0 amide bonds. The molecule has 2 fully saturated rings. The Hall–Kier alpha value is -2.82. The molecule has 1 aliphatic carbocycles. The summed E-state index contributed by atoms with van der Waals surface area (Å²) in [6.07, 6.45) is 2.52. The second-order valence-electron chi connectivity index (χ2n) is 10.4. The van der Waals surface area contributed by atoms with Gasteiger partial charge in [-0.2, -0.15) is 0 Å². The largest absolute Gasteiger partial charge is 0.389 e. The maximum Gasteiger partial charge on any atom is 0.251 e. The van der Waals surface area contributed by atoms with Gasteiger partial charge in [-0.1, -0.05) is 19.9 Å². The van der Waals surface area contributed by atoms with Gasteiger partial charge in [0.1, 0.15) is 5.69 Å². The third kappa shape index (κ3) is 5.28. The highest BCUT2D eigenvalue weighted by molar-refractivity contribution is 5.92. The van der Waals surface area contributed by atoms with Gasteiger partial charge in [-0.05, 0) is 42.0 Å². The van der Waals surface area contributed by atoms with Gasteiger partial charge in [-0.15, -0.1) is 0 Å². The van der Waals surface area contributed by atoms with Gasteiger partial charge in [0.25, 0.3) is 5.92 Å². The van der Waals surface area contributed by atoms with Gasteiger partial charge in [0, 0.05) is 49.2 Å². The SMILES string of the molecule is Cc1c(-c2nc(N[C@@H]3CCOC[C@H]3O)ncc2F)ccc2ncc(CNC3CC(F)(F)C3)c(C(C)C)c12. The number of aliphatic hydroxyl groups excluding tert-OH is 1. The highest BCUT2D eigenvalue weighted by atomic mass is 19.3. The highest BCUT2D eigenvalue weighted by Gasteiger charge is 2.45. The summed E-state index contributed by atoms with van der Waals surface area (Å²) in [5.41, 5.74) is 4.39. The Kier molecular flexibility index (Phi) is 7.08. The molecule has 1 aromatic carbocycles. The van der Waals surface area contributed by atoms with Gasteiger partial charge in [0.15, 0.2) is 5.82 Å². The van der Waals surface area contributed by atoms with E-state index in [9.17, 15) is 13.9 Å². The third-order valence-electron chi connectivity index (χ3n) is 7.31. The van der Waals surface area contributed by atoms with Crippen LogP contribution in [0, 0.1) is 12.7 Å². The van der Waals surface area contributed by atoms with Crippen LogP contribution in [0.2, 0.25) is 0 Å². The van der Waals surface area contributed by atoms with Crippen molar-refractivity contribution in [1.29, 1.82) is 0 Å². The molecule has 10 heteroatoms. The minimum Gasteiger partial charge on any atom is -0.389 e. The number of pyridine rings is 1. The lowest BCUT2D eigenvalue weighted by atomic mass is 9.87. The van der Waals surface area contributed by atoms with E-state index in [-0.39, 0.29) is 49.1 Å². The summed E-state index contributed by atoms with van der Waals surface area (Å²) in [5.74, 6) is -2.77. The zero-order chi connectivity index (χ0) is 26.3. The molecule has 0 radical (unpaired) electrons. The van der Waals surface area contributed by atoms with Crippen LogP contribution >= 0.6 is 0 Å². The lowest BCUT2D eigenvalue weighted by molar-refractivity contribution is -0.0930. The average molecular weight is 516 g/mol. The molecule has 5 rings (SSSR count). The Morgan fingerprint density at radius 2 is 1.97 bits per heavy atom. The van der Waals surface area contributed by atoms with Crippen molar-refractivity contribution in [1.82, 2.24) is 20.3 Å². The van der Waals surface area contributed by atoms with Crippen molar-refractivity contribution in [3.63, 3.8) is 0 Å². The fourth-order valence-electron chi connectivity index (χ4n) is 5.32. The van der Waals surface area contributed by atoms with E-state index in [0.717, 1.165) is 33.8 Å². The van der Waals surface area contributed by atoms with E-state index in [1.54, 1.807) is 6.20 Å². The fraction of sp³-hybridized carbons (Fsp3) is 0.519.